The van der Waals surface area contributed by atoms with Gasteiger partial charge in [0.2, 0.25) is 10.0 Å². The molecule has 1 aromatic carbocycles. The van der Waals surface area contributed by atoms with Crippen LogP contribution in [0.25, 0.3) is 0 Å². The summed E-state index contributed by atoms with van der Waals surface area (Å²) in [5, 5.41) is 13.8. The number of nitrogens with one attached hydrogen (secondary N) is 2. The fourth-order valence-electron chi connectivity index (χ4n) is 1.81. The summed E-state index contributed by atoms with van der Waals surface area (Å²) in [5.41, 5.74) is -0.320. The Bertz CT molecular complexity index is 603. The van der Waals surface area contributed by atoms with E-state index in [9.17, 15) is 18.5 Å². The van der Waals surface area contributed by atoms with Crippen molar-refractivity contribution in [3.8, 4) is 0 Å². The van der Waals surface area contributed by atoms with E-state index in [0.29, 0.717) is 13.0 Å². The van der Waals surface area contributed by atoms with Crippen LogP contribution in [-0.2, 0) is 14.8 Å². The first kappa shape index (κ1) is 17.3. The second kappa shape index (κ2) is 7.34. The number of hydrogen-bond acceptors (Lipinski definition) is 6. The summed E-state index contributed by atoms with van der Waals surface area (Å²) in [6.45, 7) is 2.06. The first-order valence-corrected chi connectivity index (χ1v) is 7.78. The Morgan fingerprint density at radius 2 is 2.10 bits per heavy atom. The minimum Gasteiger partial charge on any atom is -0.385 e. The zero-order valence-corrected chi connectivity index (χ0v) is 12.9. The van der Waals surface area contributed by atoms with Gasteiger partial charge in [0.25, 0.3) is 0 Å². The van der Waals surface area contributed by atoms with Gasteiger partial charge in [0.05, 0.1) is 4.92 Å². The normalized spacial score (nSPS) is 12.9. The highest BCUT2D eigenvalue weighted by molar-refractivity contribution is 7.89. The molecule has 0 saturated carbocycles. The third kappa shape index (κ3) is 4.38. The quantitative estimate of drug-likeness (QED) is 0.553. The molecule has 1 unspecified atom stereocenters. The van der Waals surface area contributed by atoms with Crippen molar-refractivity contribution in [1.29, 1.82) is 0 Å². The maximum atomic E-state index is 12.3. The fourth-order valence-corrected chi connectivity index (χ4v) is 3.28. The van der Waals surface area contributed by atoms with Crippen molar-refractivity contribution in [3.05, 3.63) is 28.3 Å². The zero-order valence-electron chi connectivity index (χ0n) is 12.1. The van der Waals surface area contributed by atoms with Gasteiger partial charge in [-0.2, -0.15) is 0 Å². The average Bonchev–Trinajstić information content (AvgIpc) is 2.43. The molecule has 0 saturated heterocycles. The molecular weight excluding hydrogens is 298 g/mol. The molecule has 118 valence electrons. The number of nitro groups is 1. The Balaban J connectivity index is 3.17. The third-order valence-electron chi connectivity index (χ3n) is 2.85. The molecule has 0 aliphatic rings. The number of ether oxygens (including phenoxy) is 1. The summed E-state index contributed by atoms with van der Waals surface area (Å²) in [6.07, 6.45) is 0.468. The van der Waals surface area contributed by atoms with Gasteiger partial charge < -0.3 is 10.1 Å². The van der Waals surface area contributed by atoms with Crippen LogP contribution in [-0.4, -0.2) is 40.1 Å². The van der Waals surface area contributed by atoms with Gasteiger partial charge in [-0.05, 0) is 25.5 Å². The molecule has 0 amide bonds. The molecular formula is C12H19N3O5S. The maximum absolute atomic E-state index is 12.3. The number of nitrogens with zero attached hydrogens (tertiary/aromatic N) is 1. The van der Waals surface area contributed by atoms with E-state index in [0.717, 1.165) is 0 Å². The van der Waals surface area contributed by atoms with E-state index >= 15 is 0 Å². The maximum Gasteiger partial charge on any atom is 0.312 e. The van der Waals surface area contributed by atoms with E-state index in [4.69, 9.17) is 4.74 Å². The second-order valence-corrected chi connectivity index (χ2v) is 6.15. The number of rotatable bonds is 8. The SMILES string of the molecule is CNc1cccc(S(=O)(=O)NC(C)CCOC)c1[N+](=O)[O-]. The lowest BCUT2D eigenvalue weighted by atomic mass is 10.2. The van der Waals surface area contributed by atoms with E-state index in [1.165, 1.54) is 32.4 Å². The smallest absolute Gasteiger partial charge is 0.312 e. The Hall–Kier alpha value is -1.71. The van der Waals surface area contributed by atoms with Crippen molar-refractivity contribution >= 4 is 21.4 Å². The standard InChI is InChI=1S/C12H19N3O5S/c1-9(7-8-20-3)14-21(18,19)11-6-4-5-10(13-2)12(11)15(16)17/h4-6,9,13-14H,7-8H2,1-3H3. The van der Waals surface area contributed by atoms with Crippen LogP contribution in [0.1, 0.15) is 13.3 Å². The predicted octanol–water partition coefficient (Wildman–Crippen LogP) is 1.34. The number of methoxy groups -OCH3 is 1. The minimum absolute atomic E-state index is 0.146. The summed E-state index contributed by atoms with van der Waals surface area (Å²) in [6, 6.07) is 3.72. The zero-order chi connectivity index (χ0) is 16.0. The number of anilines is 1. The van der Waals surface area contributed by atoms with Crippen LogP contribution >= 0.6 is 0 Å². The van der Waals surface area contributed by atoms with Crippen molar-refractivity contribution in [2.45, 2.75) is 24.3 Å². The van der Waals surface area contributed by atoms with Crippen LogP contribution in [0.4, 0.5) is 11.4 Å². The average molecular weight is 317 g/mol. The van der Waals surface area contributed by atoms with Crippen LogP contribution in [0, 0.1) is 10.1 Å². The topological polar surface area (TPSA) is 111 Å². The highest BCUT2D eigenvalue weighted by Gasteiger charge is 2.29. The monoisotopic (exact) mass is 317 g/mol. The number of hydrogen-bond donors (Lipinski definition) is 2. The summed E-state index contributed by atoms with van der Waals surface area (Å²) < 4.78 is 31.9. The Labute approximate surface area is 123 Å². The Morgan fingerprint density at radius 3 is 2.62 bits per heavy atom. The molecule has 1 atom stereocenters. The predicted molar refractivity (Wildman–Crippen MR) is 78.9 cm³/mol. The summed E-state index contributed by atoms with van der Waals surface area (Å²) in [4.78, 5) is 10.1. The van der Waals surface area contributed by atoms with Crippen molar-refractivity contribution < 1.29 is 18.1 Å². The van der Waals surface area contributed by atoms with Crippen LogP contribution < -0.4 is 10.0 Å². The lowest BCUT2D eigenvalue weighted by molar-refractivity contribution is -0.386. The number of benzene rings is 1. The number of sulfonamides is 1. The molecule has 0 fully saturated rings. The van der Waals surface area contributed by atoms with E-state index in [-0.39, 0.29) is 10.6 Å². The van der Waals surface area contributed by atoms with Crippen molar-refractivity contribution in [2.24, 2.45) is 0 Å². The molecule has 0 radical (unpaired) electrons. The van der Waals surface area contributed by atoms with Gasteiger partial charge in [-0.25, -0.2) is 13.1 Å². The molecule has 1 rings (SSSR count). The molecule has 9 heteroatoms. The van der Waals surface area contributed by atoms with Gasteiger partial charge in [0.1, 0.15) is 5.69 Å². The van der Waals surface area contributed by atoms with Crippen molar-refractivity contribution in [2.75, 3.05) is 26.1 Å². The molecule has 0 spiro atoms. The molecule has 0 aliphatic heterocycles. The van der Waals surface area contributed by atoms with Crippen molar-refractivity contribution in [1.82, 2.24) is 4.72 Å². The fraction of sp³-hybridized carbons (Fsp3) is 0.500. The number of para-hydroxylation sites is 1. The van der Waals surface area contributed by atoms with E-state index in [1.807, 2.05) is 0 Å². The molecule has 1 aromatic rings. The molecule has 8 nitrogen and oxygen atoms in total. The van der Waals surface area contributed by atoms with Gasteiger partial charge in [-0.3, -0.25) is 10.1 Å². The Morgan fingerprint density at radius 1 is 1.43 bits per heavy atom. The van der Waals surface area contributed by atoms with Gasteiger partial charge >= 0.3 is 5.69 Å². The highest BCUT2D eigenvalue weighted by atomic mass is 32.2. The molecule has 0 aromatic heterocycles. The van der Waals surface area contributed by atoms with E-state index in [1.54, 1.807) is 6.92 Å². The Kier molecular flexibility index (Phi) is 6.06. The van der Waals surface area contributed by atoms with Gasteiger partial charge in [-0.15, -0.1) is 0 Å². The van der Waals surface area contributed by atoms with Crippen LogP contribution in [0.15, 0.2) is 23.1 Å². The summed E-state index contributed by atoms with van der Waals surface area (Å²) >= 11 is 0. The first-order chi connectivity index (χ1) is 9.83. The molecule has 2 N–H and O–H groups in total. The minimum atomic E-state index is -3.99. The van der Waals surface area contributed by atoms with E-state index < -0.39 is 26.7 Å². The molecule has 21 heavy (non-hydrogen) atoms. The van der Waals surface area contributed by atoms with Gasteiger partial charge in [0.15, 0.2) is 4.90 Å². The van der Waals surface area contributed by atoms with Crippen LogP contribution in [0.2, 0.25) is 0 Å². The lowest BCUT2D eigenvalue weighted by Crippen LogP contribution is -2.33. The lowest BCUT2D eigenvalue weighted by Gasteiger charge is -2.14. The van der Waals surface area contributed by atoms with Crippen LogP contribution in [0.5, 0.6) is 0 Å². The van der Waals surface area contributed by atoms with Crippen LogP contribution in [0.3, 0.4) is 0 Å². The number of nitro benzene ring substituents is 1. The molecule has 0 heterocycles. The largest absolute Gasteiger partial charge is 0.385 e. The second-order valence-electron chi connectivity index (χ2n) is 4.46. The van der Waals surface area contributed by atoms with Gasteiger partial charge in [0, 0.05) is 26.8 Å². The van der Waals surface area contributed by atoms with Crippen molar-refractivity contribution in [3.63, 3.8) is 0 Å². The third-order valence-corrected chi connectivity index (χ3v) is 4.47. The molecule has 0 bridgehead atoms. The summed E-state index contributed by atoms with van der Waals surface area (Å²) in [5.74, 6) is 0. The summed E-state index contributed by atoms with van der Waals surface area (Å²) in [7, 11) is -0.976. The first-order valence-electron chi connectivity index (χ1n) is 6.30. The van der Waals surface area contributed by atoms with Gasteiger partial charge in [-0.1, -0.05) is 6.07 Å². The molecule has 0 aliphatic carbocycles. The van der Waals surface area contributed by atoms with E-state index in [2.05, 4.69) is 10.0 Å². The highest BCUT2D eigenvalue weighted by Crippen LogP contribution is 2.31.